The molecule has 0 radical (unpaired) electrons. The van der Waals surface area contributed by atoms with Crippen molar-refractivity contribution in [2.45, 2.75) is 19.8 Å². The monoisotopic (exact) mass is 269 g/mol. The Balaban J connectivity index is 2.16. The summed E-state index contributed by atoms with van der Waals surface area (Å²) in [5.74, 6) is 0.571. The minimum Gasteiger partial charge on any atom is -0.380 e. The first kappa shape index (κ1) is 15.0. The quantitative estimate of drug-likeness (QED) is 0.581. The van der Waals surface area contributed by atoms with Gasteiger partial charge in [-0.25, -0.2) is 0 Å². The molecular formula is C14H20ClNO2. The molecule has 4 heteroatoms. The minimum absolute atomic E-state index is 0.0571. The number of rotatable bonds is 8. The van der Waals surface area contributed by atoms with Crippen molar-refractivity contribution in [3.8, 4) is 0 Å². The van der Waals surface area contributed by atoms with E-state index < -0.39 is 0 Å². The van der Waals surface area contributed by atoms with Crippen LogP contribution in [0.1, 0.15) is 17.5 Å². The maximum atomic E-state index is 11.7. The molecule has 1 amide bonds. The summed E-state index contributed by atoms with van der Waals surface area (Å²) in [5.41, 5.74) is 2.23. The second-order valence-electron chi connectivity index (χ2n) is 4.11. The molecule has 0 aliphatic heterocycles. The zero-order chi connectivity index (χ0) is 13.2. The fourth-order valence-electron chi connectivity index (χ4n) is 1.60. The molecule has 1 aromatic rings. The molecule has 1 aromatic carbocycles. The third kappa shape index (κ3) is 6.03. The zero-order valence-corrected chi connectivity index (χ0v) is 11.5. The van der Waals surface area contributed by atoms with Gasteiger partial charge in [0, 0.05) is 19.0 Å². The van der Waals surface area contributed by atoms with Crippen molar-refractivity contribution < 1.29 is 9.53 Å². The lowest BCUT2D eigenvalue weighted by atomic mass is 10.1. The van der Waals surface area contributed by atoms with E-state index in [4.69, 9.17) is 16.3 Å². The van der Waals surface area contributed by atoms with Gasteiger partial charge in [-0.2, -0.15) is 0 Å². The van der Waals surface area contributed by atoms with Crippen molar-refractivity contribution in [1.82, 2.24) is 5.32 Å². The molecular weight excluding hydrogens is 250 g/mol. The molecule has 0 aliphatic carbocycles. The largest absolute Gasteiger partial charge is 0.380 e. The van der Waals surface area contributed by atoms with Gasteiger partial charge in [0.1, 0.15) is 0 Å². The lowest BCUT2D eigenvalue weighted by molar-refractivity contribution is -0.120. The van der Waals surface area contributed by atoms with E-state index in [1.54, 1.807) is 0 Å². The van der Waals surface area contributed by atoms with Gasteiger partial charge in [-0.1, -0.05) is 24.3 Å². The lowest BCUT2D eigenvalue weighted by Crippen LogP contribution is -2.27. The van der Waals surface area contributed by atoms with E-state index in [9.17, 15) is 4.79 Å². The van der Waals surface area contributed by atoms with Gasteiger partial charge in [0.2, 0.25) is 5.91 Å². The molecule has 0 unspecified atom stereocenters. The van der Waals surface area contributed by atoms with Crippen LogP contribution in [0.25, 0.3) is 0 Å². The molecule has 0 saturated carbocycles. The van der Waals surface area contributed by atoms with Crippen molar-refractivity contribution in [3.63, 3.8) is 0 Å². The fourth-order valence-corrected chi connectivity index (χ4v) is 1.71. The highest BCUT2D eigenvalue weighted by Crippen LogP contribution is 2.07. The van der Waals surface area contributed by atoms with E-state index in [1.165, 1.54) is 0 Å². The molecule has 18 heavy (non-hydrogen) atoms. The predicted octanol–water partition coefficient (Wildman–Crippen LogP) is 2.30. The number of benzene rings is 1. The second-order valence-corrected chi connectivity index (χ2v) is 4.49. The highest BCUT2D eigenvalue weighted by Gasteiger charge is 2.04. The van der Waals surface area contributed by atoms with Crippen LogP contribution in [0.3, 0.4) is 0 Å². The van der Waals surface area contributed by atoms with Crippen LogP contribution in [-0.2, 0) is 16.0 Å². The van der Waals surface area contributed by atoms with E-state index in [-0.39, 0.29) is 5.91 Å². The number of hydrogen-bond acceptors (Lipinski definition) is 2. The smallest absolute Gasteiger partial charge is 0.224 e. The van der Waals surface area contributed by atoms with E-state index in [2.05, 4.69) is 5.32 Å². The average molecular weight is 270 g/mol. The molecule has 0 aromatic heterocycles. The molecule has 0 atom stereocenters. The molecule has 0 fully saturated rings. The normalized spacial score (nSPS) is 10.3. The Morgan fingerprint density at radius 3 is 2.83 bits per heavy atom. The summed E-state index contributed by atoms with van der Waals surface area (Å²) in [4.78, 5) is 11.7. The number of halogens is 1. The first-order chi connectivity index (χ1) is 8.74. The Labute approximate surface area is 113 Å². The first-order valence-electron chi connectivity index (χ1n) is 6.19. The van der Waals surface area contributed by atoms with Crippen LogP contribution in [0.15, 0.2) is 24.3 Å². The van der Waals surface area contributed by atoms with Gasteiger partial charge in [-0.3, -0.25) is 4.79 Å². The molecule has 1 N–H and O–H groups in total. The van der Waals surface area contributed by atoms with Gasteiger partial charge in [-0.05, 0) is 24.5 Å². The number of carbonyl (C=O) groups is 1. The van der Waals surface area contributed by atoms with E-state index in [0.29, 0.717) is 32.1 Å². The van der Waals surface area contributed by atoms with Gasteiger partial charge >= 0.3 is 0 Å². The fraction of sp³-hybridized carbons (Fsp3) is 0.500. The molecule has 3 nitrogen and oxygen atoms in total. The van der Waals surface area contributed by atoms with Gasteiger partial charge in [0.15, 0.2) is 0 Å². The van der Waals surface area contributed by atoms with Gasteiger partial charge in [0.25, 0.3) is 0 Å². The number of hydrogen-bond donors (Lipinski definition) is 1. The van der Waals surface area contributed by atoms with E-state index in [1.807, 2.05) is 31.2 Å². The predicted molar refractivity (Wildman–Crippen MR) is 74.0 cm³/mol. The van der Waals surface area contributed by atoms with Crippen molar-refractivity contribution in [2.24, 2.45) is 0 Å². The molecule has 0 heterocycles. The summed E-state index contributed by atoms with van der Waals surface area (Å²) in [5, 5.41) is 2.88. The summed E-state index contributed by atoms with van der Waals surface area (Å²) >= 11 is 5.48. The average Bonchev–Trinajstić information content (AvgIpc) is 2.36. The SMILES string of the molecule is Cc1ccccc1CC(=O)NCCCOCCCl. The second kappa shape index (κ2) is 8.95. The topological polar surface area (TPSA) is 38.3 Å². The van der Waals surface area contributed by atoms with Crippen LogP contribution in [0, 0.1) is 6.92 Å². The van der Waals surface area contributed by atoms with Crippen LogP contribution < -0.4 is 5.32 Å². The summed E-state index contributed by atoms with van der Waals surface area (Å²) in [6, 6.07) is 7.93. The van der Waals surface area contributed by atoms with Crippen LogP contribution in [0.2, 0.25) is 0 Å². The Morgan fingerprint density at radius 2 is 2.11 bits per heavy atom. The van der Waals surface area contributed by atoms with Crippen LogP contribution in [0.5, 0.6) is 0 Å². The van der Waals surface area contributed by atoms with E-state index >= 15 is 0 Å². The Morgan fingerprint density at radius 1 is 1.33 bits per heavy atom. The van der Waals surface area contributed by atoms with Crippen LogP contribution in [0.4, 0.5) is 0 Å². The van der Waals surface area contributed by atoms with Crippen molar-refractivity contribution >= 4 is 17.5 Å². The molecule has 0 aliphatic rings. The highest BCUT2D eigenvalue weighted by atomic mass is 35.5. The van der Waals surface area contributed by atoms with Gasteiger partial charge in [-0.15, -0.1) is 11.6 Å². The standard InChI is InChI=1S/C14H20ClNO2/c1-12-5-2-3-6-13(12)11-14(17)16-8-4-9-18-10-7-15/h2-3,5-6H,4,7-11H2,1H3,(H,16,17). The van der Waals surface area contributed by atoms with Crippen LogP contribution in [-0.4, -0.2) is 31.5 Å². The van der Waals surface area contributed by atoms with Crippen molar-refractivity contribution in [1.29, 1.82) is 0 Å². The third-order valence-corrected chi connectivity index (χ3v) is 2.78. The molecule has 1 rings (SSSR count). The summed E-state index contributed by atoms with van der Waals surface area (Å²) in [6.07, 6.45) is 1.26. The summed E-state index contributed by atoms with van der Waals surface area (Å²) in [7, 11) is 0. The van der Waals surface area contributed by atoms with Gasteiger partial charge in [0.05, 0.1) is 13.0 Å². The van der Waals surface area contributed by atoms with Crippen molar-refractivity contribution in [3.05, 3.63) is 35.4 Å². The molecule has 100 valence electrons. The zero-order valence-electron chi connectivity index (χ0n) is 10.7. The molecule has 0 spiro atoms. The number of alkyl halides is 1. The summed E-state index contributed by atoms with van der Waals surface area (Å²) < 4.78 is 5.22. The first-order valence-corrected chi connectivity index (χ1v) is 6.72. The highest BCUT2D eigenvalue weighted by molar-refractivity contribution is 6.17. The summed E-state index contributed by atoms with van der Waals surface area (Å²) in [6.45, 7) is 3.87. The number of ether oxygens (including phenoxy) is 1. The van der Waals surface area contributed by atoms with Crippen molar-refractivity contribution in [2.75, 3.05) is 25.6 Å². The molecule has 0 saturated heterocycles. The van der Waals surface area contributed by atoms with E-state index in [0.717, 1.165) is 17.5 Å². The van der Waals surface area contributed by atoms with Gasteiger partial charge < -0.3 is 10.1 Å². The number of amides is 1. The maximum absolute atomic E-state index is 11.7. The Kier molecular flexibility index (Phi) is 7.46. The number of nitrogens with one attached hydrogen (secondary N) is 1. The molecule has 0 bridgehead atoms. The Bertz CT molecular complexity index is 369. The number of carbonyl (C=O) groups excluding carboxylic acids is 1. The maximum Gasteiger partial charge on any atom is 0.224 e. The number of aryl methyl sites for hydroxylation is 1. The Hall–Kier alpha value is -1.06. The lowest BCUT2D eigenvalue weighted by Gasteiger charge is -2.07. The third-order valence-electron chi connectivity index (χ3n) is 2.62. The van der Waals surface area contributed by atoms with Crippen LogP contribution >= 0.6 is 11.6 Å². The minimum atomic E-state index is 0.0571.